The average molecular weight is 298 g/mol. The van der Waals surface area contributed by atoms with Crippen LogP contribution in [-0.2, 0) is 4.79 Å². The van der Waals surface area contributed by atoms with Crippen LogP contribution in [0.15, 0.2) is 18.3 Å². The highest BCUT2D eigenvalue weighted by atomic mass is 35.5. The Morgan fingerprint density at radius 3 is 2.70 bits per heavy atom. The smallest absolute Gasteiger partial charge is 0.241 e. The van der Waals surface area contributed by atoms with Gasteiger partial charge in [-0.3, -0.25) is 4.79 Å². The Kier molecular flexibility index (Phi) is 4.83. The lowest BCUT2D eigenvalue weighted by Crippen LogP contribution is -2.43. The quantitative estimate of drug-likeness (QED) is 0.892. The fraction of sp³-hybridized carbons (Fsp3) is 0.571. The maximum absolute atomic E-state index is 12.1. The predicted molar refractivity (Wildman–Crippen MR) is 78.9 cm³/mol. The topological polar surface area (TPSA) is 56.7 Å². The summed E-state index contributed by atoms with van der Waals surface area (Å²) in [6.07, 6.45) is 2.99. The van der Waals surface area contributed by atoms with Gasteiger partial charge in [-0.2, -0.15) is 0 Å². The van der Waals surface area contributed by atoms with Crippen molar-refractivity contribution in [2.75, 3.05) is 32.1 Å². The van der Waals surface area contributed by atoms with Crippen LogP contribution in [0.4, 0.5) is 5.82 Å². The van der Waals surface area contributed by atoms with E-state index in [0.29, 0.717) is 17.5 Å². The molecule has 1 aromatic rings. The van der Waals surface area contributed by atoms with E-state index in [4.69, 9.17) is 11.6 Å². The molecule has 1 fully saturated rings. The summed E-state index contributed by atoms with van der Waals surface area (Å²) < 4.78 is 0. The number of likely N-dealkylation sites (N-methyl/N-ethyl adjacent to an activating group) is 2. The number of rotatable bonds is 5. The zero-order valence-corrected chi connectivity index (χ0v) is 12.5. The number of carbonyl (C=O) groups excluding carboxylic acids is 1. The molecule has 20 heavy (non-hydrogen) atoms. The molecule has 110 valence electrons. The zero-order chi connectivity index (χ0) is 14.7. The third-order valence-corrected chi connectivity index (χ3v) is 3.87. The molecular weight excluding hydrogens is 278 g/mol. The Hall–Kier alpha value is -1.33. The Labute approximate surface area is 124 Å². The molecule has 1 amide bonds. The van der Waals surface area contributed by atoms with E-state index in [1.54, 1.807) is 35.2 Å². The van der Waals surface area contributed by atoms with Crippen LogP contribution in [0.5, 0.6) is 0 Å². The van der Waals surface area contributed by atoms with Gasteiger partial charge in [0.2, 0.25) is 5.91 Å². The van der Waals surface area contributed by atoms with Crippen LogP contribution >= 0.6 is 11.6 Å². The molecule has 0 atom stereocenters. The maximum atomic E-state index is 12.1. The first kappa shape index (κ1) is 15.1. The van der Waals surface area contributed by atoms with Crippen LogP contribution in [0.3, 0.4) is 0 Å². The SMILES string of the molecule is CN(CC1CC(O)C1)C(=O)CN(C)c1ccc(Cl)cn1. The fourth-order valence-corrected chi connectivity index (χ4v) is 2.45. The number of amides is 1. The molecule has 1 aromatic heterocycles. The summed E-state index contributed by atoms with van der Waals surface area (Å²) >= 11 is 5.79. The lowest BCUT2D eigenvalue weighted by Gasteiger charge is -2.34. The molecule has 0 unspecified atom stereocenters. The Balaban J connectivity index is 1.82. The van der Waals surface area contributed by atoms with E-state index in [2.05, 4.69) is 4.98 Å². The lowest BCUT2D eigenvalue weighted by molar-refractivity contribution is -0.130. The van der Waals surface area contributed by atoms with E-state index in [-0.39, 0.29) is 18.6 Å². The second-order valence-electron chi connectivity index (χ2n) is 5.46. The summed E-state index contributed by atoms with van der Waals surface area (Å²) in [5, 5.41) is 9.83. The van der Waals surface area contributed by atoms with Gasteiger partial charge in [0, 0.05) is 26.8 Å². The van der Waals surface area contributed by atoms with Crippen molar-refractivity contribution in [1.82, 2.24) is 9.88 Å². The highest BCUT2D eigenvalue weighted by Gasteiger charge is 2.29. The van der Waals surface area contributed by atoms with Gasteiger partial charge in [0.1, 0.15) is 5.82 Å². The number of carbonyl (C=O) groups is 1. The van der Waals surface area contributed by atoms with Crippen molar-refractivity contribution in [2.45, 2.75) is 18.9 Å². The summed E-state index contributed by atoms with van der Waals surface area (Å²) in [7, 11) is 3.63. The van der Waals surface area contributed by atoms with Crippen molar-refractivity contribution >= 4 is 23.3 Å². The molecule has 0 spiro atoms. The van der Waals surface area contributed by atoms with Gasteiger partial charge >= 0.3 is 0 Å². The zero-order valence-electron chi connectivity index (χ0n) is 11.8. The van der Waals surface area contributed by atoms with Gasteiger partial charge in [-0.25, -0.2) is 4.98 Å². The molecule has 1 saturated carbocycles. The molecule has 0 bridgehead atoms. The van der Waals surface area contributed by atoms with Crippen LogP contribution in [-0.4, -0.2) is 54.2 Å². The Morgan fingerprint density at radius 2 is 2.15 bits per heavy atom. The standard InChI is InChI=1S/C14H20ClN3O2/c1-17(13-4-3-11(15)7-16-13)9-14(20)18(2)8-10-5-12(19)6-10/h3-4,7,10,12,19H,5-6,8-9H2,1-2H3. The molecular formula is C14H20ClN3O2. The van der Waals surface area contributed by atoms with Crippen molar-refractivity contribution in [2.24, 2.45) is 5.92 Å². The largest absolute Gasteiger partial charge is 0.393 e. The molecule has 1 aliphatic rings. The van der Waals surface area contributed by atoms with Gasteiger partial charge in [-0.1, -0.05) is 11.6 Å². The molecule has 2 rings (SSSR count). The second-order valence-corrected chi connectivity index (χ2v) is 5.89. The highest BCUT2D eigenvalue weighted by molar-refractivity contribution is 6.30. The molecule has 1 N–H and O–H groups in total. The van der Waals surface area contributed by atoms with Crippen molar-refractivity contribution in [3.8, 4) is 0 Å². The van der Waals surface area contributed by atoms with Crippen LogP contribution < -0.4 is 4.90 Å². The number of nitrogens with zero attached hydrogens (tertiary/aromatic N) is 3. The lowest BCUT2D eigenvalue weighted by atomic mass is 9.82. The number of aromatic nitrogens is 1. The van der Waals surface area contributed by atoms with E-state index in [1.165, 1.54) is 0 Å². The number of hydrogen-bond donors (Lipinski definition) is 1. The van der Waals surface area contributed by atoms with Gasteiger partial charge in [0.25, 0.3) is 0 Å². The van der Waals surface area contributed by atoms with Crippen molar-refractivity contribution in [3.63, 3.8) is 0 Å². The number of halogens is 1. The van der Waals surface area contributed by atoms with Crippen LogP contribution in [0.1, 0.15) is 12.8 Å². The van der Waals surface area contributed by atoms with Gasteiger partial charge in [-0.15, -0.1) is 0 Å². The summed E-state index contributed by atoms with van der Waals surface area (Å²) in [6.45, 7) is 0.984. The highest BCUT2D eigenvalue weighted by Crippen LogP contribution is 2.27. The third-order valence-electron chi connectivity index (χ3n) is 3.64. The molecule has 1 heterocycles. The summed E-state index contributed by atoms with van der Waals surface area (Å²) in [4.78, 5) is 19.8. The van der Waals surface area contributed by atoms with Crippen LogP contribution in [0.2, 0.25) is 5.02 Å². The van der Waals surface area contributed by atoms with Crippen molar-refractivity contribution in [1.29, 1.82) is 0 Å². The minimum absolute atomic E-state index is 0.0469. The number of aliphatic hydroxyl groups is 1. The molecule has 5 nitrogen and oxygen atoms in total. The van der Waals surface area contributed by atoms with Gasteiger partial charge in [0.05, 0.1) is 17.7 Å². The Morgan fingerprint density at radius 1 is 1.45 bits per heavy atom. The van der Waals surface area contributed by atoms with E-state index in [0.717, 1.165) is 18.7 Å². The van der Waals surface area contributed by atoms with Gasteiger partial charge in [0.15, 0.2) is 0 Å². The minimum atomic E-state index is -0.176. The first-order valence-corrected chi connectivity index (χ1v) is 7.08. The molecule has 0 saturated heterocycles. The van der Waals surface area contributed by atoms with Crippen LogP contribution in [0, 0.1) is 5.92 Å². The van der Waals surface area contributed by atoms with E-state index in [9.17, 15) is 9.90 Å². The second kappa shape index (κ2) is 6.41. The van der Waals surface area contributed by atoms with E-state index in [1.807, 2.05) is 7.05 Å². The normalized spacial score (nSPS) is 21.2. The predicted octanol–water partition coefficient (Wildman–Crippen LogP) is 1.40. The van der Waals surface area contributed by atoms with Crippen molar-refractivity contribution in [3.05, 3.63) is 23.4 Å². The monoisotopic (exact) mass is 297 g/mol. The number of anilines is 1. The van der Waals surface area contributed by atoms with Crippen molar-refractivity contribution < 1.29 is 9.90 Å². The maximum Gasteiger partial charge on any atom is 0.241 e. The number of aliphatic hydroxyl groups excluding tert-OH is 1. The summed E-state index contributed by atoms with van der Waals surface area (Å²) in [6, 6.07) is 3.54. The molecule has 6 heteroatoms. The van der Waals surface area contributed by atoms with E-state index >= 15 is 0 Å². The fourth-order valence-electron chi connectivity index (χ4n) is 2.34. The molecule has 0 aromatic carbocycles. The van der Waals surface area contributed by atoms with E-state index < -0.39 is 0 Å². The van der Waals surface area contributed by atoms with Gasteiger partial charge in [-0.05, 0) is 30.9 Å². The molecule has 0 aliphatic heterocycles. The van der Waals surface area contributed by atoms with Gasteiger partial charge < -0.3 is 14.9 Å². The number of hydrogen-bond acceptors (Lipinski definition) is 4. The Bertz CT molecular complexity index is 460. The first-order chi connectivity index (χ1) is 9.45. The van der Waals surface area contributed by atoms with Crippen LogP contribution in [0.25, 0.3) is 0 Å². The summed E-state index contributed by atoms with van der Waals surface area (Å²) in [5.41, 5.74) is 0. The average Bonchev–Trinajstić information content (AvgIpc) is 2.37. The third kappa shape index (κ3) is 3.84. The molecule has 1 aliphatic carbocycles. The number of pyridine rings is 1. The first-order valence-electron chi connectivity index (χ1n) is 6.70. The minimum Gasteiger partial charge on any atom is -0.393 e. The summed E-state index contributed by atoms with van der Waals surface area (Å²) in [5.74, 6) is 1.19. The molecule has 0 radical (unpaired) electrons.